The molecule has 3 aromatic carbocycles. The predicted octanol–water partition coefficient (Wildman–Crippen LogP) is 4.08. The van der Waals surface area contributed by atoms with Crippen LogP contribution in [0.3, 0.4) is 0 Å². The second kappa shape index (κ2) is 11.2. The number of amides is 3. The highest BCUT2D eigenvalue weighted by molar-refractivity contribution is 5.97. The summed E-state index contributed by atoms with van der Waals surface area (Å²) in [5, 5.41) is 3.57. The molecule has 0 saturated heterocycles. The Kier molecular flexibility index (Phi) is 7.65. The average Bonchev–Trinajstić information content (AvgIpc) is 3.29. The number of hydrogen-bond donors (Lipinski definition) is 4. The molecule has 1 atom stereocenters. The van der Waals surface area contributed by atoms with E-state index in [9.17, 15) is 14.4 Å². The van der Waals surface area contributed by atoms with Gasteiger partial charge in [-0.3, -0.25) is 20.4 Å². The van der Waals surface area contributed by atoms with Gasteiger partial charge in [0.05, 0.1) is 0 Å². The van der Waals surface area contributed by atoms with Crippen molar-refractivity contribution in [1.82, 2.24) is 21.2 Å². The molecule has 8 heteroatoms. The van der Waals surface area contributed by atoms with Crippen LogP contribution < -0.4 is 16.2 Å². The van der Waals surface area contributed by atoms with Crippen molar-refractivity contribution in [2.75, 3.05) is 0 Å². The van der Waals surface area contributed by atoms with E-state index in [0.717, 1.165) is 33.2 Å². The van der Waals surface area contributed by atoms with E-state index in [1.165, 1.54) is 0 Å². The van der Waals surface area contributed by atoms with Gasteiger partial charge in [-0.1, -0.05) is 66.2 Å². The summed E-state index contributed by atoms with van der Waals surface area (Å²) in [4.78, 5) is 41.4. The molecule has 0 aliphatic rings. The SMILES string of the molecule is Cc1ccc(C(=O)NNC(=O)[C@H](Cc2c[nH]c3ccccc23)NC(=O)OCc2ccccc2)c(C)c1. The van der Waals surface area contributed by atoms with Crippen molar-refractivity contribution in [3.8, 4) is 0 Å². The summed E-state index contributed by atoms with van der Waals surface area (Å²) in [6.07, 6.45) is 1.26. The van der Waals surface area contributed by atoms with E-state index in [0.29, 0.717) is 5.56 Å². The molecule has 0 spiro atoms. The van der Waals surface area contributed by atoms with Crippen LogP contribution in [0.1, 0.15) is 32.6 Å². The Morgan fingerprint density at radius 3 is 2.44 bits per heavy atom. The molecule has 0 unspecified atom stereocenters. The fraction of sp³-hybridized carbons (Fsp3) is 0.179. The van der Waals surface area contributed by atoms with E-state index in [4.69, 9.17) is 4.74 Å². The number of aryl methyl sites for hydroxylation is 2. The van der Waals surface area contributed by atoms with Crippen molar-refractivity contribution in [3.63, 3.8) is 0 Å². The van der Waals surface area contributed by atoms with E-state index in [1.54, 1.807) is 12.3 Å². The Morgan fingerprint density at radius 1 is 0.917 bits per heavy atom. The Morgan fingerprint density at radius 2 is 1.67 bits per heavy atom. The minimum atomic E-state index is -0.994. The van der Waals surface area contributed by atoms with Gasteiger partial charge in [0.1, 0.15) is 12.6 Å². The van der Waals surface area contributed by atoms with Crippen LogP contribution in [0.4, 0.5) is 4.79 Å². The number of benzene rings is 3. The second-order valence-corrected chi connectivity index (χ2v) is 8.58. The Bertz CT molecular complexity index is 1380. The molecule has 0 saturated carbocycles. The van der Waals surface area contributed by atoms with Gasteiger partial charge in [-0.2, -0.15) is 0 Å². The molecule has 184 valence electrons. The van der Waals surface area contributed by atoms with Crippen molar-refractivity contribution in [2.24, 2.45) is 0 Å². The average molecular weight is 485 g/mol. The molecule has 0 fully saturated rings. The van der Waals surface area contributed by atoms with Crippen molar-refractivity contribution in [1.29, 1.82) is 0 Å². The molecule has 4 rings (SSSR count). The summed E-state index contributed by atoms with van der Waals surface area (Å²) in [5.74, 6) is -1.02. The first-order valence-electron chi connectivity index (χ1n) is 11.6. The number of hydrogen-bond acceptors (Lipinski definition) is 4. The van der Waals surface area contributed by atoms with Crippen molar-refractivity contribution in [2.45, 2.75) is 32.9 Å². The number of rotatable bonds is 7. The molecule has 4 N–H and O–H groups in total. The van der Waals surface area contributed by atoms with Gasteiger partial charge in [-0.25, -0.2) is 4.79 Å². The van der Waals surface area contributed by atoms with Crippen LogP contribution in [-0.2, 0) is 22.6 Å². The molecule has 36 heavy (non-hydrogen) atoms. The van der Waals surface area contributed by atoms with Gasteiger partial charge in [-0.15, -0.1) is 0 Å². The fourth-order valence-corrected chi connectivity index (χ4v) is 3.98. The summed E-state index contributed by atoms with van der Waals surface area (Å²) in [6.45, 7) is 3.83. The molecule has 1 aromatic heterocycles. The molecule has 3 amide bonds. The van der Waals surface area contributed by atoms with Crippen LogP contribution >= 0.6 is 0 Å². The maximum absolute atomic E-state index is 13.1. The molecular weight excluding hydrogens is 456 g/mol. The van der Waals surface area contributed by atoms with Crippen molar-refractivity contribution < 1.29 is 19.1 Å². The molecule has 8 nitrogen and oxygen atoms in total. The number of para-hydroxylation sites is 1. The smallest absolute Gasteiger partial charge is 0.408 e. The molecule has 0 radical (unpaired) electrons. The number of fused-ring (bicyclic) bond motifs is 1. The number of H-pyrrole nitrogens is 1. The highest BCUT2D eigenvalue weighted by Gasteiger charge is 2.24. The first kappa shape index (κ1) is 24.5. The summed E-state index contributed by atoms with van der Waals surface area (Å²) in [5.41, 5.74) is 9.75. The van der Waals surface area contributed by atoms with Crippen LogP contribution in [0.15, 0.2) is 79.0 Å². The van der Waals surface area contributed by atoms with Gasteiger partial charge in [0.25, 0.3) is 11.8 Å². The van der Waals surface area contributed by atoms with Crippen LogP contribution in [0.2, 0.25) is 0 Å². The lowest BCUT2D eigenvalue weighted by Gasteiger charge is -2.19. The van der Waals surface area contributed by atoms with Gasteiger partial charge in [-0.05, 0) is 42.7 Å². The highest BCUT2D eigenvalue weighted by Crippen LogP contribution is 2.19. The zero-order valence-corrected chi connectivity index (χ0v) is 20.1. The van der Waals surface area contributed by atoms with Crippen LogP contribution in [0, 0.1) is 13.8 Å². The standard InChI is InChI=1S/C28H28N4O4/c1-18-12-13-22(19(2)14-18)26(33)31-32-27(34)25(15-21-16-29-24-11-7-6-10-23(21)24)30-28(35)36-17-20-8-4-3-5-9-20/h3-14,16,25,29H,15,17H2,1-2H3,(H,30,35)(H,31,33)(H,32,34)/t25-/m0/s1. The van der Waals surface area contributed by atoms with Crippen LogP contribution in [-0.4, -0.2) is 28.9 Å². The van der Waals surface area contributed by atoms with Gasteiger partial charge < -0.3 is 15.0 Å². The molecule has 1 heterocycles. The number of aromatic amines is 1. The second-order valence-electron chi connectivity index (χ2n) is 8.58. The van der Waals surface area contributed by atoms with Crippen LogP contribution in [0.5, 0.6) is 0 Å². The monoisotopic (exact) mass is 484 g/mol. The number of aromatic nitrogens is 1. The molecular formula is C28H28N4O4. The highest BCUT2D eigenvalue weighted by atomic mass is 16.5. The quantitative estimate of drug-likeness (QED) is 0.296. The largest absolute Gasteiger partial charge is 0.445 e. The Labute approximate surface area is 209 Å². The normalized spacial score (nSPS) is 11.5. The summed E-state index contributed by atoms with van der Waals surface area (Å²) >= 11 is 0. The fourth-order valence-electron chi connectivity index (χ4n) is 3.98. The Balaban J connectivity index is 1.45. The third kappa shape index (κ3) is 6.09. The number of nitrogens with one attached hydrogen (secondary N) is 4. The maximum Gasteiger partial charge on any atom is 0.408 e. The number of carbonyl (C=O) groups excluding carboxylic acids is 3. The van der Waals surface area contributed by atoms with E-state index in [-0.39, 0.29) is 13.0 Å². The van der Waals surface area contributed by atoms with E-state index in [2.05, 4.69) is 21.2 Å². The number of ether oxygens (including phenoxy) is 1. The first-order chi connectivity index (χ1) is 17.4. The van der Waals surface area contributed by atoms with Gasteiger partial charge in [0.2, 0.25) is 0 Å². The molecule has 4 aromatic rings. The third-order valence-electron chi connectivity index (χ3n) is 5.85. The number of carbonyl (C=O) groups is 3. The molecule has 0 aliphatic heterocycles. The minimum absolute atomic E-state index is 0.0670. The maximum atomic E-state index is 13.1. The van der Waals surface area contributed by atoms with Gasteiger partial charge in [0.15, 0.2) is 0 Å². The van der Waals surface area contributed by atoms with E-state index < -0.39 is 23.9 Å². The van der Waals surface area contributed by atoms with E-state index >= 15 is 0 Å². The van der Waals surface area contributed by atoms with Crippen molar-refractivity contribution >= 4 is 28.8 Å². The lowest BCUT2D eigenvalue weighted by atomic mass is 10.0. The Hall–Kier alpha value is -4.59. The molecule has 0 aliphatic carbocycles. The summed E-state index contributed by atoms with van der Waals surface area (Å²) in [7, 11) is 0. The topological polar surface area (TPSA) is 112 Å². The van der Waals surface area contributed by atoms with Gasteiger partial charge >= 0.3 is 6.09 Å². The van der Waals surface area contributed by atoms with E-state index in [1.807, 2.05) is 80.6 Å². The summed E-state index contributed by atoms with van der Waals surface area (Å²) < 4.78 is 5.31. The zero-order valence-electron chi connectivity index (χ0n) is 20.1. The predicted molar refractivity (Wildman–Crippen MR) is 137 cm³/mol. The van der Waals surface area contributed by atoms with Gasteiger partial charge in [0, 0.05) is 29.1 Å². The van der Waals surface area contributed by atoms with Crippen molar-refractivity contribution in [3.05, 3.63) is 107 Å². The lowest BCUT2D eigenvalue weighted by molar-refractivity contribution is -0.123. The number of alkyl carbamates (subject to hydrolysis) is 1. The minimum Gasteiger partial charge on any atom is -0.445 e. The number of hydrazine groups is 1. The molecule has 0 bridgehead atoms. The summed E-state index contributed by atoms with van der Waals surface area (Å²) in [6, 6.07) is 21.4. The van der Waals surface area contributed by atoms with Crippen LogP contribution in [0.25, 0.3) is 10.9 Å². The zero-order chi connectivity index (χ0) is 25.5. The third-order valence-corrected chi connectivity index (χ3v) is 5.85. The first-order valence-corrected chi connectivity index (χ1v) is 11.6. The lowest BCUT2D eigenvalue weighted by Crippen LogP contribution is -2.53.